The van der Waals surface area contributed by atoms with Crippen LogP contribution < -0.4 is 0 Å². The zero-order valence-corrected chi connectivity index (χ0v) is 46.5. The van der Waals surface area contributed by atoms with Crippen LogP contribution in [0.1, 0.15) is 141 Å². The third kappa shape index (κ3) is 11.2. The van der Waals surface area contributed by atoms with Gasteiger partial charge in [-0.1, -0.05) is 186 Å². The SMILES string of the molecule is CCC(C)(C)c1nnc(-c2[c-]ccc(-c3ccccc3)c2)n1-c1c(C)cc(C(C)(C)C)cc1C.CCC(C)(C)c1nnc(-c2cccc(-c3ccccc3)c2)n1-c1c(C)cc(C(C)(C)C)cc1C.[Ir]. The smallest absolute Gasteiger partial charge is 0.168 e. The van der Waals surface area contributed by atoms with Crippen LogP contribution in [0, 0.1) is 33.8 Å². The summed E-state index contributed by atoms with van der Waals surface area (Å²) in [6.07, 6.45) is 1.95. The van der Waals surface area contributed by atoms with Crippen LogP contribution in [0.3, 0.4) is 0 Å². The topological polar surface area (TPSA) is 61.4 Å². The number of aryl methyl sites for hydroxylation is 4. The van der Waals surface area contributed by atoms with Gasteiger partial charge in [0.05, 0.1) is 11.5 Å². The van der Waals surface area contributed by atoms with Crippen LogP contribution in [-0.2, 0) is 41.8 Å². The van der Waals surface area contributed by atoms with Gasteiger partial charge in [-0.2, -0.15) is 5.10 Å². The van der Waals surface area contributed by atoms with Gasteiger partial charge in [-0.25, -0.2) is 0 Å². The Morgan fingerprint density at radius 3 is 1.22 bits per heavy atom. The Morgan fingerprint density at radius 2 is 0.797 bits per heavy atom. The number of rotatable bonds is 10. The molecule has 0 saturated carbocycles. The van der Waals surface area contributed by atoms with E-state index in [1.807, 2.05) is 12.1 Å². The summed E-state index contributed by atoms with van der Waals surface area (Å²) in [5.41, 5.74) is 16.7. The fourth-order valence-corrected chi connectivity index (χ4v) is 8.90. The van der Waals surface area contributed by atoms with Crippen LogP contribution in [-0.4, -0.2) is 29.5 Å². The van der Waals surface area contributed by atoms with E-state index in [1.54, 1.807) is 0 Å². The van der Waals surface area contributed by atoms with Gasteiger partial charge in [-0.3, -0.25) is 4.57 Å². The first-order valence-corrected chi connectivity index (χ1v) is 24.4. The second-order valence-electron chi connectivity index (χ2n) is 22.1. The minimum Gasteiger partial charge on any atom is -0.319 e. The van der Waals surface area contributed by atoms with Crippen LogP contribution in [0.4, 0.5) is 0 Å². The van der Waals surface area contributed by atoms with Gasteiger partial charge < -0.3 is 4.57 Å². The summed E-state index contributed by atoms with van der Waals surface area (Å²) in [5.74, 6) is 3.72. The van der Waals surface area contributed by atoms with Gasteiger partial charge in [0.15, 0.2) is 5.82 Å². The first-order valence-electron chi connectivity index (χ1n) is 24.4. The molecule has 0 aliphatic heterocycles. The van der Waals surface area contributed by atoms with Gasteiger partial charge >= 0.3 is 0 Å². The van der Waals surface area contributed by atoms with E-state index in [0.717, 1.165) is 52.8 Å². The molecule has 0 N–H and O–H groups in total. The first kappa shape index (κ1) is 52.6. The fourth-order valence-electron chi connectivity index (χ4n) is 8.90. The van der Waals surface area contributed by atoms with Crippen molar-refractivity contribution in [3.8, 4) is 56.4 Å². The van der Waals surface area contributed by atoms with Crippen LogP contribution in [0.25, 0.3) is 56.4 Å². The zero-order valence-electron chi connectivity index (χ0n) is 44.1. The van der Waals surface area contributed by atoms with Gasteiger partial charge in [0.1, 0.15) is 11.6 Å². The summed E-state index contributed by atoms with van der Waals surface area (Å²) in [6, 6.07) is 48.6. The molecule has 361 valence electrons. The van der Waals surface area contributed by atoms with Crippen molar-refractivity contribution in [2.45, 2.75) is 145 Å². The van der Waals surface area contributed by atoms with Crippen LogP contribution in [0.2, 0.25) is 0 Å². The Kier molecular flexibility index (Phi) is 15.8. The van der Waals surface area contributed by atoms with E-state index < -0.39 is 0 Å². The van der Waals surface area contributed by atoms with Gasteiger partial charge in [0, 0.05) is 42.2 Å². The van der Waals surface area contributed by atoms with Crippen molar-refractivity contribution in [1.82, 2.24) is 29.5 Å². The molecule has 0 fully saturated rings. The molecule has 69 heavy (non-hydrogen) atoms. The van der Waals surface area contributed by atoms with Crippen molar-refractivity contribution in [3.05, 3.63) is 178 Å². The third-order valence-electron chi connectivity index (χ3n) is 13.8. The maximum absolute atomic E-state index is 4.78. The Labute approximate surface area is 427 Å². The average molecular weight is 1090 g/mol. The number of nitrogens with zero attached hydrogens (tertiary/aromatic N) is 6. The number of aromatic nitrogens is 6. The maximum atomic E-state index is 4.78. The van der Waals surface area contributed by atoms with Crippen LogP contribution >= 0.6 is 0 Å². The molecular weight excluding hydrogens is 1020 g/mol. The van der Waals surface area contributed by atoms with Crippen molar-refractivity contribution in [3.63, 3.8) is 0 Å². The normalized spacial score (nSPS) is 12.1. The minimum atomic E-state index is -0.121. The van der Waals surface area contributed by atoms with Gasteiger partial charge in [0.2, 0.25) is 0 Å². The molecule has 0 saturated heterocycles. The van der Waals surface area contributed by atoms with E-state index >= 15 is 0 Å². The van der Waals surface area contributed by atoms with E-state index in [4.69, 9.17) is 20.4 Å². The van der Waals surface area contributed by atoms with Crippen molar-refractivity contribution >= 4 is 0 Å². The van der Waals surface area contributed by atoms with Crippen LogP contribution in [0.5, 0.6) is 0 Å². The second-order valence-corrected chi connectivity index (χ2v) is 22.1. The molecule has 0 bridgehead atoms. The van der Waals surface area contributed by atoms with Crippen molar-refractivity contribution < 1.29 is 20.1 Å². The molecule has 0 aliphatic rings. The molecule has 6 aromatic carbocycles. The third-order valence-corrected chi connectivity index (χ3v) is 13.8. The Balaban J connectivity index is 0.000000224. The molecule has 0 spiro atoms. The van der Waals surface area contributed by atoms with Gasteiger partial charge in [-0.15, -0.1) is 50.7 Å². The zero-order chi connectivity index (χ0) is 49.3. The molecule has 8 aromatic rings. The summed E-state index contributed by atoms with van der Waals surface area (Å²) < 4.78 is 4.59. The Morgan fingerprint density at radius 1 is 0.420 bits per heavy atom. The molecule has 2 heterocycles. The molecule has 0 atom stereocenters. The summed E-state index contributed by atoms with van der Waals surface area (Å²) in [6.45, 7) is 35.9. The van der Waals surface area contributed by atoms with Crippen molar-refractivity contribution in [1.29, 1.82) is 0 Å². The van der Waals surface area contributed by atoms with Gasteiger partial charge in [0.25, 0.3) is 0 Å². The molecule has 1 radical (unpaired) electrons. The molecule has 8 rings (SSSR count). The Hall–Kier alpha value is -5.75. The maximum Gasteiger partial charge on any atom is 0.168 e. The standard InChI is InChI=1S/C31H37N3.C31H36N3.Ir/c2*1-9-31(7,8)29-33-32-28(25-17-13-16-24(20-25)23-14-11-10-12-15-23)34(29)27-21(2)18-26(19-22(27)3)30(4,5)6;/h10-20H,9H2,1-8H3;10-16,18-20H,9H2,1-8H3;/q;-1;. The number of hydrogen-bond donors (Lipinski definition) is 0. The van der Waals surface area contributed by atoms with E-state index in [9.17, 15) is 0 Å². The van der Waals surface area contributed by atoms with Crippen LogP contribution in [0.15, 0.2) is 127 Å². The van der Waals surface area contributed by atoms with Crippen molar-refractivity contribution in [2.24, 2.45) is 0 Å². The largest absolute Gasteiger partial charge is 0.319 e. The van der Waals surface area contributed by atoms with E-state index in [2.05, 4.69) is 241 Å². The molecule has 2 aromatic heterocycles. The predicted octanol–water partition coefficient (Wildman–Crippen LogP) is 16.2. The van der Waals surface area contributed by atoms with Gasteiger partial charge in [-0.05, 0) is 108 Å². The first-order chi connectivity index (χ1) is 32.1. The van der Waals surface area contributed by atoms with E-state index in [0.29, 0.717) is 0 Å². The monoisotopic (exact) mass is 1090 g/mol. The quantitative estimate of drug-likeness (QED) is 0.128. The average Bonchev–Trinajstić information content (AvgIpc) is 3.96. The number of hydrogen-bond acceptors (Lipinski definition) is 4. The minimum absolute atomic E-state index is 0. The number of benzene rings is 6. The molecule has 0 unspecified atom stereocenters. The predicted molar refractivity (Wildman–Crippen MR) is 286 cm³/mol. The van der Waals surface area contributed by atoms with Crippen molar-refractivity contribution in [2.75, 3.05) is 0 Å². The van der Waals surface area contributed by atoms with E-state index in [1.165, 1.54) is 61.4 Å². The summed E-state index contributed by atoms with van der Waals surface area (Å²) in [5, 5.41) is 19.1. The summed E-state index contributed by atoms with van der Waals surface area (Å²) in [4.78, 5) is 0. The second kappa shape index (κ2) is 20.7. The summed E-state index contributed by atoms with van der Waals surface area (Å²) >= 11 is 0. The molecule has 6 nitrogen and oxygen atoms in total. The molecule has 0 aliphatic carbocycles. The molecule has 0 amide bonds. The molecular formula is C62H73IrN6-. The summed E-state index contributed by atoms with van der Waals surface area (Å²) in [7, 11) is 0. The van der Waals surface area contributed by atoms with E-state index in [-0.39, 0.29) is 41.8 Å². The fraction of sp³-hybridized carbons (Fsp3) is 0.355. The Bertz CT molecular complexity index is 2780. The molecule has 7 heteroatoms.